The van der Waals surface area contributed by atoms with E-state index in [1.165, 1.54) is 10.7 Å². The Hall–Kier alpha value is -3.39. The third-order valence-corrected chi connectivity index (χ3v) is 7.07. The molecular formula is C23H20F5N5O3S. The number of carbonyl (C=O) groups excluding carboxylic acids is 1. The van der Waals surface area contributed by atoms with Crippen LogP contribution in [0.5, 0.6) is 5.06 Å². The molecule has 2 aromatic heterocycles. The van der Waals surface area contributed by atoms with E-state index in [0.717, 1.165) is 30.4 Å². The van der Waals surface area contributed by atoms with Crippen molar-refractivity contribution in [2.45, 2.75) is 32.7 Å². The molecule has 37 heavy (non-hydrogen) atoms. The first kappa shape index (κ1) is 25.3. The number of fused-ring (bicyclic) bond motifs is 5. The Bertz CT molecular complexity index is 1380. The number of ether oxygens (including phenoxy) is 2. The van der Waals surface area contributed by atoms with Gasteiger partial charge in [0.05, 0.1) is 30.4 Å². The van der Waals surface area contributed by atoms with Crippen molar-refractivity contribution in [1.82, 2.24) is 20.1 Å². The number of alkyl halides is 3. The fourth-order valence-corrected chi connectivity index (χ4v) is 5.10. The van der Waals surface area contributed by atoms with Gasteiger partial charge in [-0.1, -0.05) is 24.3 Å². The Labute approximate surface area is 211 Å². The van der Waals surface area contributed by atoms with Gasteiger partial charge in [0, 0.05) is 17.7 Å². The van der Waals surface area contributed by atoms with Crippen LogP contribution in [0.2, 0.25) is 0 Å². The summed E-state index contributed by atoms with van der Waals surface area (Å²) in [7, 11) is 0. The van der Waals surface area contributed by atoms with Crippen molar-refractivity contribution in [2.24, 2.45) is 10.9 Å². The first-order chi connectivity index (χ1) is 17.6. The van der Waals surface area contributed by atoms with Crippen molar-refractivity contribution in [2.75, 3.05) is 19.8 Å². The lowest BCUT2D eigenvalue weighted by Gasteiger charge is -2.15. The van der Waals surface area contributed by atoms with Crippen molar-refractivity contribution in [3.05, 3.63) is 58.2 Å². The second kappa shape index (κ2) is 9.49. The first-order valence-electron chi connectivity index (χ1n) is 11.3. The highest BCUT2D eigenvalue weighted by Gasteiger charge is 2.37. The van der Waals surface area contributed by atoms with Crippen LogP contribution in [-0.2, 0) is 11.3 Å². The number of aromatic nitrogens is 3. The average Bonchev–Trinajstić information content (AvgIpc) is 3.32. The summed E-state index contributed by atoms with van der Waals surface area (Å²) in [6.07, 6.45) is -4.47. The minimum atomic E-state index is -4.47. The Morgan fingerprint density at radius 2 is 1.97 bits per heavy atom. The monoisotopic (exact) mass is 541 g/mol. The maximum Gasteiger partial charge on any atom is 0.393 e. The molecular weight excluding hydrogens is 521 g/mol. The molecule has 0 bridgehead atoms. The number of amides is 1. The number of benzene rings is 1. The molecule has 0 spiro atoms. The lowest BCUT2D eigenvalue weighted by atomic mass is 9.99. The van der Waals surface area contributed by atoms with Gasteiger partial charge in [0.1, 0.15) is 29.3 Å². The SMILES string of the molecule is CC(CNC(=O)c1nc2n(n1)-c1sc3c(c1C(c1c(F)cccc1F)=N[C@H]2C)COCCO3)C(F)(F)F. The molecule has 5 rings (SSSR count). The van der Waals surface area contributed by atoms with Gasteiger partial charge < -0.3 is 14.8 Å². The number of thiophene rings is 1. The molecule has 14 heteroatoms. The largest absolute Gasteiger partial charge is 0.481 e. The minimum Gasteiger partial charge on any atom is -0.481 e. The minimum absolute atomic E-state index is 0.0157. The van der Waals surface area contributed by atoms with E-state index in [4.69, 9.17) is 9.47 Å². The number of hydrogen-bond donors (Lipinski definition) is 1. The van der Waals surface area contributed by atoms with Gasteiger partial charge in [-0.3, -0.25) is 9.79 Å². The second-order valence-corrected chi connectivity index (χ2v) is 9.52. The fourth-order valence-electron chi connectivity index (χ4n) is 3.95. The first-order valence-corrected chi connectivity index (χ1v) is 12.1. The third kappa shape index (κ3) is 4.59. The molecule has 0 radical (unpaired) electrons. The zero-order valence-electron chi connectivity index (χ0n) is 19.5. The highest BCUT2D eigenvalue weighted by Crippen LogP contribution is 2.44. The molecule has 3 aromatic rings. The maximum atomic E-state index is 14.9. The van der Waals surface area contributed by atoms with Crippen LogP contribution in [-0.4, -0.2) is 52.3 Å². The summed E-state index contributed by atoms with van der Waals surface area (Å²) in [4.78, 5) is 21.4. The third-order valence-electron chi connectivity index (χ3n) is 5.95. The Balaban J connectivity index is 1.62. The van der Waals surface area contributed by atoms with Gasteiger partial charge in [-0.05, 0) is 19.1 Å². The summed E-state index contributed by atoms with van der Waals surface area (Å²) >= 11 is 1.12. The lowest BCUT2D eigenvalue weighted by Crippen LogP contribution is -2.35. The zero-order chi connectivity index (χ0) is 26.5. The van der Waals surface area contributed by atoms with Crippen LogP contribution in [0.25, 0.3) is 5.00 Å². The van der Waals surface area contributed by atoms with E-state index in [-0.39, 0.29) is 36.1 Å². The topological polar surface area (TPSA) is 90.6 Å². The summed E-state index contributed by atoms with van der Waals surface area (Å²) in [5.41, 5.74) is 0.505. The van der Waals surface area contributed by atoms with Crippen LogP contribution >= 0.6 is 11.3 Å². The van der Waals surface area contributed by atoms with Gasteiger partial charge in [-0.15, -0.1) is 5.10 Å². The van der Waals surface area contributed by atoms with Gasteiger partial charge >= 0.3 is 6.18 Å². The van der Waals surface area contributed by atoms with Crippen LogP contribution in [0.4, 0.5) is 22.0 Å². The number of nitrogens with one attached hydrogen (secondary N) is 1. The van der Waals surface area contributed by atoms with Gasteiger partial charge in [0.15, 0.2) is 10.9 Å². The predicted octanol–water partition coefficient (Wildman–Crippen LogP) is 4.36. The zero-order valence-corrected chi connectivity index (χ0v) is 20.3. The quantitative estimate of drug-likeness (QED) is 0.496. The molecule has 8 nitrogen and oxygen atoms in total. The molecule has 0 aliphatic carbocycles. The van der Waals surface area contributed by atoms with Gasteiger partial charge in [-0.25, -0.2) is 18.4 Å². The van der Waals surface area contributed by atoms with Crippen molar-refractivity contribution in [3.63, 3.8) is 0 Å². The number of aliphatic imine (C=N–C) groups is 1. The van der Waals surface area contributed by atoms with Crippen molar-refractivity contribution in [1.29, 1.82) is 0 Å². The summed E-state index contributed by atoms with van der Waals surface area (Å²) in [6.45, 7) is 2.54. The van der Waals surface area contributed by atoms with Crippen LogP contribution < -0.4 is 10.1 Å². The molecule has 0 saturated carbocycles. The molecule has 0 saturated heterocycles. The Morgan fingerprint density at radius 1 is 1.24 bits per heavy atom. The molecule has 2 aliphatic rings. The predicted molar refractivity (Wildman–Crippen MR) is 122 cm³/mol. The van der Waals surface area contributed by atoms with Gasteiger partial charge in [-0.2, -0.15) is 13.2 Å². The molecule has 1 aromatic carbocycles. The number of nitrogens with zero attached hydrogens (tertiary/aromatic N) is 4. The van der Waals surface area contributed by atoms with Crippen LogP contribution in [0, 0.1) is 17.6 Å². The normalized spacial score (nSPS) is 17.9. The van der Waals surface area contributed by atoms with E-state index in [9.17, 15) is 26.7 Å². The van der Waals surface area contributed by atoms with E-state index in [2.05, 4.69) is 20.4 Å². The van der Waals surface area contributed by atoms with Crippen LogP contribution in [0.15, 0.2) is 23.2 Å². The number of halogens is 5. The van der Waals surface area contributed by atoms with Crippen molar-refractivity contribution in [3.8, 4) is 10.1 Å². The number of rotatable bonds is 4. The summed E-state index contributed by atoms with van der Waals surface area (Å²) < 4.78 is 81.1. The molecule has 196 valence electrons. The van der Waals surface area contributed by atoms with E-state index in [0.29, 0.717) is 27.8 Å². The van der Waals surface area contributed by atoms with Crippen molar-refractivity contribution < 1.29 is 36.2 Å². The average molecular weight is 542 g/mol. The summed E-state index contributed by atoms with van der Waals surface area (Å²) in [5.74, 6) is -4.50. The summed E-state index contributed by atoms with van der Waals surface area (Å²) in [6, 6.07) is 2.66. The lowest BCUT2D eigenvalue weighted by molar-refractivity contribution is -0.167. The Kier molecular flexibility index (Phi) is 6.48. The van der Waals surface area contributed by atoms with Crippen LogP contribution in [0.1, 0.15) is 53.0 Å². The molecule has 2 atom stereocenters. The highest BCUT2D eigenvalue weighted by molar-refractivity contribution is 7.17. The van der Waals surface area contributed by atoms with Crippen molar-refractivity contribution >= 4 is 23.0 Å². The van der Waals surface area contributed by atoms with E-state index in [1.54, 1.807) is 6.92 Å². The van der Waals surface area contributed by atoms with E-state index in [1.807, 2.05) is 0 Å². The van der Waals surface area contributed by atoms with Gasteiger partial charge in [0.25, 0.3) is 5.91 Å². The molecule has 0 fully saturated rings. The number of carbonyl (C=O) groups is 1. The second-order valence-electron chi connectivity index (χ2n) is 8.56. The smallest absolute Gasteiger partial charge is 0.393 e. The molecule has 4 heterocycles. The van der Waals surface area contributed by atoms with Crippen LogP contribution in [0.3, 0.4) is 0 Å². The Morgan fingerprint density at radius 3 is 2.68 bits per heavy atom. The standard InChI is InChI=1S/C23H20F5N5O3S/c1-10(23(26,27)28)8-29-20(34)18-31-19-11(2)30-17(16-13(24)4-3-5-14(16)25)15-12-9-35-6-7-36-22(12)37-21(15)33(19)32-18/h3-5,10-11H,6-9H2,1-2H3,(H,29,34)/t10?,11-/m0/s1. The number of hydrogen-bond acceptors (Lipinski definition) is 7. The fraction of sp³-hybridized carbons (Fsp3) is 0.391. The molecule has 1 N–H and O–H groups in total. The van der Waals surface area contributed by atoms with Gasteiger partial charge in [0.2, 0.25) is 5.82 Å². The highest BCUT2D eigenvalue weighted by atomic mass is 32.1. The summed E-state index contributed by atoms with van der Waals surface area (Å²) in [5, 5.41) is 7.23. The van der Waals surface area contributed by atoms with E-state index >= 15 is 0 Å². The maximum absolute atomic E-state index is 14.9. The van der Waals surface area contributed by atoms with E-state index < -0.39 is 42.2 Å². The molecule has 2 aliphatic heterocycles. The molecule has 1 amide bonds. The molecule has 1 unspecified atom stereocenters.